The van der Waals surface area contributed by atoms with E-state index in [-0.39, 0.29) is 5.75 Å². The topological polar surface area (TPSA) is 76.2 Å². The first kappa shape index (κ1) is 14.9. The zero-order valence-electron chi connectivity index (χ0n) is 10.9. The fourth-order valence-electron chi connectivity index (χ4n) is 1.49. The van der Waals surface area contributed by atoms with Gasteiger partial charge in [0.25, 0.3) is 0 Å². The Kier molecular flexibility index (Phi) is 4.81. The standard InChI is InChI=1S/C13H15FN2O3/c1-13(2,9-15)6-3-7-19-10-4-5-12(16(17)18)11(14)8-10/h4-5,8H,3,6-7H2,1-2H3. The van der Waals surface area contributed by atoms with Gasteiger partial charge in [0.1, 0.15) is 5.75 Å². The van der Waals surface area contributed by atoms with Crippen molar-refractivity contribution in [2.24, 2.45) is 5.41 Å². The van der Waals surface area contributed by atoms with Gasteiger partial charge in [-0.05, 0) is 32.8 Å². The lowest BCUT2D eigenvalue weighted by Crippen LogP contribution is -2.10. The summed E-state index contributed by atoms with van der Waals surface area (Å²) in [5.74, 6) is -0.669. The molecule has 102 valence electrons. The quantitative estimate of drug-likeness (QED) is 0.449. The summed E-state index contributed by atoms with van der Waals surface area (Å²) in [7, 11) is 0. The van der Waals surface area contributed by atoms with Crippen LogP contribution in [0.15, 0.2) is 18.2 Å². The van der Waals surface area contributed by atoms with Crippen molar-refractivity contribution in [3.63, 3.8) is 0 Å². The van der Waals surface area contributed by atoms with Crippen molar-refractivity contribution in [3.05, 3.63) is 34.1 Å². The van der Waals surface area contributed by atoms with Gasteiger partial charge in [0.05, 0.1) is 23.0 Å². The van der Waals surface area contributed by atoms with Crippen molar-refractivity contribution in [3.8, 4) is 11.8 Å². The zero-order chi connectivity index (χ0) is 14.5. The number of halogens is 1. The Morgan fingerprint density at radius 3 is 2.74 bits per heavy atom. The molecular formula is C13H15FN2O3. The number of nitro benzene ring substituents is 1. The average molecular weight is 266 g/mol. The number of hydrogen-bond donors (Lipinski definition) is 0. The molecule has 0 fully saturated rings. The molecule has 6 heteroatoms. The van der Waals surface area contributed by atoms with Crippen molar-refractivity contribution < 1.29 is 14.1 Å². The van der Waals surface area contributed by atoms with Gasteiger partial charge in [-0.2, -0.15) is 9.65 Å². The van der Waals surface area contributed by atoms with Gasteiger partial charge in [-0.15, -0.1) is 0 Å². The SMILES string of the molecule is CC(C)(C#N)CCCOc1ccc([N+](=O)[O-])c(F)c1. The number of ether oxygens (including phenoxy) is 1. The van der Waals surface area contributed by atoms with Gasteiger partial charge in [0.2, 0.25) is 5.82 Å². The third-order valence-corrected chi connectivity index (χ3v) is 2.63. The van der Waals surface area contributed by atoms with Crippen molar-refractivity contribution in [1.82, 2.24) is 0 Å². The van der Waals surface area contributed by atoms with E-state index in [1.165, 1.54) is 6.07 Å². The average Bonchev–Trinajstić information content (AvgIpc) is 2.34. The van der Waals surface area contributed by atoms with Gasteiger partial charge in [-0.25, -0.2) is 0 Å². The van der Waals surface area contributed by atoms with E-state index in [2.05, 4.69) is 6.07 Å². The van der Waals surface area contributed by atoms with Gasteiger partial charge in [0, 0.05) is 12.1 Å². The molecule has 0 saturated carbocycles. The molecule has 0 saturated heterocycles. The molecule has 5 nitrogen and oxygen atoms in total. The Morgan fingerprint density at radius 2 is 2.21 bits per heavy atom. The minimum absolute atomic E-state index is 0.248. The van der Waals surface area contributed by atoms with Crippen molar-refractivity contribution in [2.45, 2.75) is 26.7 Å². The van der Waals surface area contributed by atoms with Crippen LogP contribution in [0.5, 0.6) is 5.75 Å². The number of rotatable bonds is 6. The van der Waals surface area contributed by atoms with E-state index < -0.39 is 21.8 Å². The molecule has 19 heavy (non-hydrogen) atoms. The second kappa shape index (κ2) is 6.14. The van der Waals surface area contributed by atoms with E-state index >= 15 is 0 Å². The first-order chi connectivity index (χ1) is 8.85. The largest absolute Gasteiger partial charge is 0.493 e. The Hall–Kier alpha value is -2.16. The normalized spacial score (nSPS) is 10.8. The molecule has 0 aromatic heterocycles. The van der Waals surface area contributed by atoms with Gasteiger partial charge in [0.15, 0.2) is 0 Å². The summed E-state index contributed by atoms with van der Waals surface area (Å²) in [5, 5.41) is 19.3. The predicted octanol–water partition coefficient (Wildman–Crippen LogP) is 3.44. The highest BCUT2D eigenvalue weighted by molar-refractivity contribution is 5.37. The van der Waals surface area contributed by atoms with Gasteiger partial charge in [-0.1, -0.05) is 0 Å². The fraction of sp³-hybridized carbons (Fsp3) is 0.462. The monoisotopic (exact) mass is 266 g/mol. The maximum Gasteiger partial charge on any atom is 0.305 e. The predicted molar refractivity (Wildman–Crippen MR) is 67.2 cm³/mol. The van der Waals surface area contributed by atoms with E-state index in [0.717, 1.165) is 12.1 Å². The van der Waals surface area contributed by atoms with Crippen LogP contribution in [0, 0.1) is 32.7 Å². The summed E-state index contributed by atoms with van der Waals surface area (Å²) >= 11 is 0. The van der Waals surface area contributed by atoms with Crippen LogP contribution in [0.25, 0.3) is 0 Å². The van der Waals surface area contributed by atoms with Crippen LogP contribution >= 0.6 is 0 Å². The van der Waals surface area contributed by atoms with E-state index in [0.29, 0.717) is 19.4 Å². The van der Waals surface area contributed by atoms with Crippen LogP contribution < -0.4 is 4.74 Å². The molecule has 0 unspecified atom stereocenters. The number of nitro groups is 1. The van der Waals surface area contributed by atoms with E-state index in [1.807, 2.05) is 13.8 Å². The summed E-state index contributed by atoms with van der Waals surface area (Å²) in [4.78, 5) is 9.65. The van der Waals surface area contributed by atoms with Crippen LogP contribution in [0.1, 0.15) is 26.7 Å². The summed E-state index contributed by atoms with van der Waals surface area (Å²) in [5.41, 5.74) is -0.984. The molecule has 0 radical (unpaired) electrons. The van der Waals surface area contributed by atoms with Crippen LogP contribution in [0.4, 0.5) is 10.1 Å². The first-order valence-corrected chi connectivity index (χ1v) is 5.84. The number of hydrogen-bond acceptors (Lipinski definition) is 4. The maximum absolute atomic E-state index is 13.3. The summed E-state index contributed by atoms with van der Waals surface area (Å²) < 4.78 is 18.6. The Balaban J connectivity index is 2.49. The van der Waals surface area contributed by atoms with Gasteiger partial charge < -0.3 is 4.74 Å². The van der Waals surface area contributed by atoms with Crippen molar-refractivity contribution in [1.29, 1.82) is 5.26 Å². The lowest BCUT2D eigenvalue weighted by Gasteiger charge is -2.14. The molecular weight excluding hydrogens is 251 g/mol. The minimum Gasteiger partial charge on any atom is -0.493 e. The number of nitrogens with zero attached hydrogens (tertiary/aromatic N) is 2. The van der Waals surface area contributed by atoms with Crippen molar-refractivity contribution >= 4 is 5.69 Å². The van der Waals surface area contributed by atoms with E-state index in [9.17, 15) is 14.5 Å². The molecule has 0 bridgehead atoms. The molecule has 0 aliphatic heterocycles. The highest BCUT2D eigenvalue weighted by Gasteiger charge is 2.16. The second-order valence-electron chi connectivity index (χ2n) is 4.82. The third kappa shape index (κ3) is 4.54. The van der Waals surface area contributed by atoms with Crippen LogP contribution in [-0.2, 0) is 0 Å². The first-order valence-electron chi connectivity index (χ1n) is 5.84. The van der Waals surface area contributed by atoms with Crippen LogP contribution in [0.2, 0.25) is 0 Å². The molecule has 1 aromatic carbocycles. The van der Waals surface area contributed by atoms with Crippen LogP contribution in [0.3, 0.4) is 0 Å². The molecule has 1 aromatic rings. The van der Waals surface area contributed by atoms with E-state index in [1.54, 1.807) is 0 Å². The number of benzene rings is 1. The smallest absolute Gasteiger partial charge is 0.305 e. The second-order valence-corrected chi connectivity index (χ2v) is 4.82. The molecule has 0 aliphatic rings. The molecule has 0 heterocycles. The van der Waals surface area contributed by atoms with Gasteiger partial charge in [-0.3, -0.25) is 10.1 Å². The molecule has 0 amide bonds. The highest BCUT2D eigenvalue weighted by atomic mass is 19.1. The Bertz CT molecular complexity index is 509. The summed E-state index contributed by atoms with van der Waals surface area (Å²) in [6, 6.07) is 5.60. The Labute approximate surface area is 110 Å². The Morgan fingerprint density at radius 1 is 1.53 bits per heavy atom. The van der Waals surface area contributed by atoms with E-state index in [4.69, 9.17) is 10.00 Å². The molecule has 0 N–H and O–H groups in total. The maximum atomic E-state index is 13.3. The van der Waals surface area contributed by atoms with Crippen LogP contribution in [-0.4, -0.2) is 11.5 Å². The lowest BCUT2D eigenvalue weighted by molar-refractivity contribution is -0.387. The molecule has 1 rings (SSSR count). The van der Waals surface area contributed by atoms with Gasteiger partial charge >= 0.3 is 5.69 Å². The highest BCUT2D eigenvalue weighted by Crippen LogP contribution is 2.24. The summed E-state index contributed by atoms with van der Waals surface area (Å²) in [6.07, 6.45) is 1.32. The summed E-state index contributed by atoms with van der Waals surface area (Å²) in [6.45, 7) is 4.00. The molecule has 0 atom stereocenters. The number of nitriles is 1. The third-order valence-electron chi connectivity index (χ3n) is 2.63. The lowest BCUT2D eigenvalue weighted by atomic mass is 9.90. The zero-order valence-corrected chi connectivity index (χ0v) is 10.9. The van der Waals surface area contributed by atoms with Crippen molar-refractivity contribution in [2.75, 3.05) is 6.61 Å². The molecule has 0 spiro atoms. The fourth-order valence-corrected chi connectivity index (χ4v) is 1.49. The molecule has 0 aliphatic carbocycles. The minimum atomic E-state index is -0.917.